The molecule has 0 aliphatic heterocycles. The van der Waals surface area contributed by atoms with E-state index in [1.54, 1.807) is 11.3 Å². The van der Waals surface area contributed by atoms with Crippen molar-refractivity contribution in [3.63, 3.8) is 0 Å². The van der Waals surface area contributed by atoms with Gasteiger partial charge in [-0.1, -0.05) is 11.6 Å². The Hall–Kier alpha value is -1.27. The summed E-state index contributed by atoms with van der Waals surface area (Å²) >= 11 is 1.65. The van der Waals surface area contributed by atoms with E-state index in [-0.39, 0.29) is 0 Å². The van der Waals surface area contributed by atoms with E-state index in [1.807, 2.05) is 19.4 Å². The SMILES string of the molecule is CNC1CCCC1c1nc(Cc2nc(C)cs2)no1. The minimum Gasteiger partial charge on any atom is -0.339 e. The Morgan fingerprint density at radius 1 is 1.42 bits per heavy atom. The first-order valence-electron chi connectivity index (χ1n) is 6.67. The summed E-state index contributed by atoms with van der Waals surface area (Å²) in [5.74, 6) is 1.88. The number of nitrogens with one attached hydrogen (secondary N) is 1. The van der Waals surface area contributed by atoms with Crippen LogP contribution in [0.25, 0.3) is 0 Å². The summed E-state index contributed by atoms with van der Waals surface area (Å²) < 4.78 is 5.44. The van der Waals surface area contributed by atoms with Crippen LogP contribution in [-0.2, 0) is 6.42 Å². The molecule has 1 aliphatic carbocycles. The molecule has 1 fully saturated rings. The number of thiazole rings is 1. The lowest BCUT2D eigenvalue weighted by Crippen LogP contribution is -2.27. The Morgan fingerprint density at radius 2 is 2.32 bits per heavy atom. The van der Waals surface area contributed by atoms with Crippen LogP contribution in [-0.4, -0.2) is 28.2 Å². The van der Waals surface area contributed by atoms with Gasteiger partial charge < -0.3 is 9.84 Å². The highest BCUT2D eigenvalue weighted by molar-refractivity contribution is 7.09. The number of nitrogens with zero attached hydrogens (tertiary/aromatic N) is 3. The van der Waals surface area contributed by atoms with Crippen molar-refractivity contribution >= 4 is 11.3 Å². The second kappa shape index (κ2) is 5.38. The van der Waals surface area contributed by atoms with E-state index in [4.69, 9.17) is 4.52 Å². The van der Waals surface area contributed by atoms with Crippen LogP contribution in [0, 0.1) is 6.92 Å². The first-order valence-corrected chi connectivity index (χ1v) is 7.55. The topological polar surface area (TPSA) is 63.8 Å². The van der Waals surface area contributed by atoms with Crippen LogP contribution >= 0.6 is 11.3 Å². The van der Waals surface area contributed by atoms with Gasteiger partial charge in [-0.05, 0) is 26.8 Å². The van der Waals surface area contributed by atoms with Crippen LogP contribution in [0.3, 0.4) is 0 Å². The quantitative estimate of drug-likeness (QED) is 0.929. The highest BCUT2D eigenvalue weighted by Crippen LogP contribution is 2.33. The van der Waals surface area contributed by atoms with Gasteiger partial charge >= 0.3 is 0 Å². The maximum absolute atomic E-state index is 5.44. The molecule has 3 rings (SSSR count). The highest BCUT2D eigenvalue weighted by Gasteiger charge is 2.31. The van der Waals surface area contributed by atoms with Gasteiger partial charge in [-0.15, -0.1) is 11.3 Å². The summed E-state index contributed by atoms with van der Waals surface area (Å²) in [4.78, 5) is 8.97. The van der Waals surface area contributed by atoms with Crippen molar-refractivity contribution in [2.24, 2.45) is 0 Å². The van der Waals surface area contributed by atoms with Crippen molar-refractivity contribution in [3.8, 4) is 0 Å². The summed E-state index contributed by atoms with van der Waals surface area (Å²) in [6.07, 6.45) is 4.20. The minimum absolute atomic E-state index is 0.365. The summed E-state index contributed by atoms with van der Waals surface area (Å²) in [6, 6.07) is 0.468. The fourth-order valence-electron chi connectivity index (χ4n) is 2.71. The molecule has 1 saturated carbocycles. The lowest BCUT2D eigenvalue weighted by Gasteiger charge is -2.14. The zero-order valence-corrected chi connectivity index (χ0v) is 12.0. The van der Waals surface area contributed by atoms with Gasteiger partial charge in [-0.3, -0.25) is 0 Å². The van der Waals surface area contributed by atoms with E-state index in [0.717, 1.165) is 28.8 Å². The van der Waals surface area contributed by atoms with Gasteiger partial charge in [0, 0.05) is 17.1 Å². The van der Waals surface area contributed by atoms with Gasteiger partial charge in [0.15, 0.2) is 5.82 Å². The first-order chi connectivity index (χ1) is 9.26. The maximum Gasteiger partial charge on any atom is 0.231 e. The monoisotopic (exact) mass is 278 g/mol. The number of hydrogen-bond donors (Lipinski definition) is 1. The zero-order chi connectivity index (χ0) is 13.2. The highest BCUT2D eigenvalue weighted by atomic mass is 32.1. The third-order valence-electron chi connectivity index (χ3n) is 3.66. The van der Waals surface area contributed by atoms with Gasteiger partial charge in [-0.25, -0.2) is 4.98 Å². The number of rotatable bonds is 4. The first kappa shape index (κ1) is 12.7. The number of aromatic nitrogens is 3. The molecular formula is C13H18N4OS. The Bertz CT molecular complexity index is 550. The molecule has 2 atom stereocenters. The Kier molecular flexibility index (Phi) is 3.61. The van der Waals surface area contributed by atoms with E-state index < -0.39 is 0 Å². The average molecular weight is 278 g/mol. The van der Waals surface area contributed by atoms with Crippen molar-refractivity contribution in [1.82, 2.24) is 20.4 Å². The Labute approximate surface area is 116 Å². The molecule has 0 saturated heterocycles. The summed E-state index contributed by atoms with van der Waals surface area (Å²) in [7, 11) is 2.00. The minimum atomic E-state index is 0.365. The summed E-state index contributed by atoms with van der Waals surface area (Å²) in [6.45, 7) is 2.00. The van der Waals surface area contributed by atoms with Gasteiger partial charge in [0.2, 0.25) is 5.89 Å². The molecule has 2 aromatic rings. The number of likely N-dealkylation sites (N-methyl/N-ethyl adjacent to an activating group) is 1. The lowest BCUT2D eigenvalue weighted by atomic mass is 10.0. The largest absolute Gasteiger partial charge is 0.339 e. The fourth-order valence-corrected chi connectivity index (χ4v) is 3.48. The summed E-state index contributed by atoms with van der Waals surface area (Å²) in [5, 5.41) is 10.5. The molecule has 19 heavy (non-hydrogen) atoms. The van der Waals surface area contributed by atoms with E-state index in [2.05, 4.69) is 20.4 Å². The Morgan fingerprint density at radius 3 is 3.05 bits per heavy atom. The molecule has 0 radical (unpaired) electrons. The summed E-state index contributed by atoms with van der Waals surface area (Å²) in [5.41, 5.74) is 1.05. The van der Waals surface area contributed by atoms with Gasteiger partial charge in [0.1, 0.15) is 5.01 Å². The zero-order valence-electron chi connectivity index (χ0n) is 11.2. The normalized spacial score (nSPS) is 23.1. The number of hydrogen-bond acceptors (Lipinski definition) is 6. The van der Waals surface area contributed by atoms with Crippen LogP contribution in [0.1, 0.15) is 47.6 Å². The van der Waals surface area contributed by atoms with Crippen molar-refractivity contribution in [3.05, 3.63) is 27.8 Å². The number of aryl methyl sites for hydroxylation is 1. The van der Waals surface area contributed by atoms with Gasteiger partial charge in [0.05, 0.1) is 12.3 Å². The molecule has 2 unspecified atom stereocenters. The standard InChI is InChI=1S/C13H18N4OS/c1-8-7-19-12(15-8)6-11-16-13(18-17-11)9-4-3-5-10(9)14-2/h7,9-10,14H,3-6H2,1-2H3. The maximum atomic E-state index is 5.44. The average Bonchev–Trinajstić information content (AvgIpc) is 3.10. The molecule has 1 aliphatic rings. The van der Waals surface area contributed by atoms with Crippen molar-refractivity contribution in [2.45, 2.75) is 44.6 Å². The molecule has 0 spiro atoms. The van der Waals surface area contributed by atoms with Crippen LogP contribution in [0.2, 0.25) is 0 Å². The second-order valence-corrected chi connectivity index (χ2v) is 5.98. The molecule has 1 N–H and O–H groups in total. The molecule has 0 aromatic carbocycles. The van der Waals surface area contributed by atoms with E-state index >= 15 is 0 Å². The van der Waals surface area contributed by atoms with Crippen LogP contribution < -0.4 is 5.32 Å². The van der Waals surface area contributed by atoms with E-state index in [0.29, 0.717) is 18.4 Å². The second-order valence-electron chi connectivity index (χ2n) is 5.04. The molecule has 2 aromatic heterocycles. The van der Waals surface area contributed by atoms with Crippen LogP contribution in [0.15, 0.2) is 9.90 Å². The van der Waals surface area contributed by atoms with Crippen LogP contribution in [0.4, 0.5) is 0 Å². The molecule has 0 amide bonds. The fraction of sp³-hybridized carbons (Fsp3) is 0.615. The Balaban J connectivity index is 1.72. The van der Waals surface area contributed by atoms with Crippen molar-refractivity contribution < 1.29 is 4.52 Å². The molecule has 5 nitrogen and oxygen atoms in total. The van der Waals surface area contributed by atoms with Crippen LogP contribution in [0.5, 0.6) is 0 Å². The molecule has 6 heteroatoms. The van der Waals surface area contributed by atoms with E-state index in [1.165, 1.54) is 12.8 Å². The smallest absolute Gasteiger partial charge is 0.231 e. The van der Waals surface area contributed by atoms with Crippen molar-refractivity contribution in [2.75, 3.05) is 7.05 Å². The molecular weight excluding hydrogens is 260 g/mol. The third-order valence-corrected chi connectivity index (χ3v) is 4.63. The lowest BCUT2D eigenvalue weighted by molar-refractivity contribution is 0.332. The predicted octanol–water partition coefficient (Wildman–Crippen LogP) is 2.28. The van der Waals surface area contributed by atoms with Gasteiger partial charge in [-0.2, -0.15) is 4.98 Å². The third kappa shape index (κ3) is 2.69. The van der Waals surface area contributed by atoms with Crippen molar-refractivity contribution in [1.29, 1.82) is 0 Å². The van der Waals surface area contributed by atoms with E-state index in [9.17, 15) is 0 Å². The van der Waals surface area contributed by atoms with Gasteiger partial charge in [0.25, 0.3) is 0 Å². The molecule has 0 bridgehead atoms. The molecule has 102 valence electrons. The predicted molar refractivity (Wildman–Crippen MR) is 73.4 cm³/mol. The molecule has 2 heterocycles.